The smallest absolute Gasteiger partial charge is 0.167 e. The van der Waals surface area contributed by atoms with Crippen LogP contribution in [-0.4, -0.2) is 18.3 Å². The van der Waals surface area contributed by atoms with E-state index in [1.54, 1.807) is 7.11 Å². The number of hydrogen-bond acceptors (Lipinski definition) is 4. The molecule has 0 aliphatic rings. The summed E-state index contributed by atoms with van der Waals surface area (Å²) in [5.41, 5.74) is 7.39. The molecule has 0 saturated heterocycles. The van der Waals surface area contributed by atoms with Crippen molar-refractivity contribution in [2.24, 2.45) is 5.73 Å². The highest BCUT2D eigenvalue weighted by Gasteiger charge is 2.10. The zero-order valence-electron chi connectivity index (χ0n) is 8.86. The largest absolute Gasteiger partial charge is 0.497 e. The Morgan fingerprint density at radius 3 is 3.00 bits per heavy atom. The van der Waals surface area contributed by atoms with E-state index in [1.165, 1.54) is 0 Å². The Bertz CT molecular complexity index is 463. The normalized spacial score (nSPS) is 13.0. The summed E-state index contributed by atoms with van der Waals surface area (Å²) in [4.78, 5) is 0. The summed E-state index contributed by atoms with van der Waals surface area (Å²) in [6.07, 6.45) is 0.708. The van der Waals surface area contributed by atoms with Crippen LogP contribution in [0.3, 0.4) is 0 Å². The quantitative estimate of drug-likeness (QED) is 0.830. The van der Waals surface area contributed by atoms with Crippen molar-refractivity contribution >= 4 is 11.0 Å². The van der Waals surface area contributed by atoms with Gasteiger partial charge in [-0.3, -0.25) is 0 Å². The first kappa shape index (κ1) is 9.98. The van der Waals surface area contributed by atoms with Gasteiger partial charge in [0.15, 0.2) is 5.58 Å². The maximum absolute atomic E-state index is 5.73. The lowest BCUT2D eigenvalue weighted by molar-refractivity contribution is 0.415. The van der Waals surface area contributed by atoms with E-state index in [0.717, 1.165) is 22.4 Å². The number of aromatic nitrogens is 1. The molecule has 80 valence electrons. The predicted octanol–water partition coefficient (Wildman–Crippen LogP) is 1.73. The van der Waals surface area contributed by atoms with Gasteiger partial charge < -0.3 is 15.0 Å². The second-order valence-corrected chi connectivity index (χ2v) is 3.67. The lowest BCUT2D eigenvalue weighted by Crippen LogP contribution is -2.17. The van der Waals surface area contributed by atoms with E-state index < -0.39 is 0 Å². The number of ether oxygens (including phenoxy) is 1. The van der Waals surface area contributed by atoms with Crippen molar-refractivity contribution in [2.45, 2.75) is 19.4 Å². The fraction of sp³-hybridized carbons (Fsp3) is 0.364. The Kier molecular flexibility index (Phi) is 2.60. The number of fused-ring (bicyclic) bond motifs is 1. The summed E-state index contributed by atoms with van der Waals surface area (Å²) in [6.45, 7) is 1.95. The topological polar surface area (TPSA) is 61.3 Å². The van der Waals surface area contributed by atoms with Crippen LogP contribution in [0.15, 0.2) is 22.7 Å². The summed E-state index contributed by atoms with van der Waals surface area (Å²) < 4.78 is 10.3. The predicted molar refractivity (Wildman–Crippen MR) is 57.9 cm³/mol. The Morgan fingerprint density at radius 1 is 1.53 bits per heavy atom. The van der Waals surface area contributed by atoms with Crippen LogP contribution in [0.2, 0.25) is 0 Å². The number of benzene rings is 1. The molecule has 2 rings (SSSR count). The molecule has 4 nitrogen and oxygen atoms in total. The van der Waals surface area contributed by atoms with Crippen LogP contribution < -0.4 is 10.5 Å². The van der Waals surface area contributed by atoms with Crippen molar-refractivity contribution in [3.63, 3.8) is 0 Å². The van der Waals surface area contributed by atoms with Crippen molar-refractivity contribution in [1.29, 1.82) is 0 Å². The maximum Gasteiger partial charge on any atom is 0.167 e. The van der Waals surface area contributed by atoms with Crippen molar-refractivity contribution in [3.8, 4) is 5.75 Å². The second kappa shape index (κ2) is 3.90. The molecule has 0 saturated carbocycles. The minimum absolute atomic E-state index is 0.0736. The van der Waals surface area contributed by atoms with Crippen LogP contribution in [0.25, 0.3) is 11.0 Å². The summed E-state index contributed by atoms with van der Waals surface area (Å²) in [6, 6.07) is 5.70. The van der Waals surface area contributed by atoms with Crippen molar-refractivity contribution < 1.29 is 9.26 Å². The summed E-state index contributed by atoms with van der Waals surface area (Å²) in [5, 5.41) is 4.98. The van der Waals surface area contributed by atoms with Crippen LogP contribution in [0.4, 0.5) is 0 Å². The Morgan fingerprint density at radius 2 is 2.33 bits per heavy atom. The van der Waals surface area contributed by atoms with Gasteiger partial charge in [0.2, 0.25) is 0 Å². The van der Waals surface area contributed by atoms with Gasteiger partial charge in [-0.1, -0.05) is 5.16 Å². The van der Waals surface area contributed by atoms with Gasteiger partial charge in [-0.15, -0.1) is 0 Å². The second-order valence-electron chi connectivity index (χ2n) is 3.67. The molecular formula is C11H14N2O2. The fourth-order valence-corrected chi connectivity index (χ4v) is 1.55. The van der Waals surface area contributed by atoms with Gasteiger partial charge in [0.05, 0.1) is 12.8 Å². The molecule has 0 aliphatic carbocycles. The molecule has 0 radical (unpaired) electrons. The van der Waals surface area contributed by atoms with E-state index in [0.29, 0.717) is 6.42 Å². The number of methoxy groups -OCH3 is 1. The van der Waals surface area contributed by atoms with Crippen LogP contribution in [0.1, 0.15) is 12.6 Å². The van der Waals surface area contributed by atoms with Gasteiger partial charge in [-0.05, 0) is 25.1 Å². The zero-order chi connectivity index (χ0) is 10.8. The van der Waals surface area contributed by atoms with Crippen LogP contribution in [-0.2, 0) is 6.42 Å². The number of nitrogens with two attached hydrogens (primary N) is 1. The van der Waals surface area contributed by atoms with Crippen LogP contribution in [0.5, 0.6) is 5.75 Å². The third-order valence-electron chi connectivity index (χ3n) is 2.27. The van der Waals surface area contributed by atoms with E-state index in [9.17, 15) is 0 Å². The molecule has 0 aliphatic heterocycles. The van der Waals surface area contributed by atoms with E-state index >= 15 is 0 Å². The molecule has 0 amide bonds. The lowest BCUT2D eigenvalue weighted by atomic mass is 10.1. The van der Waals surface area contributed by atoms with E-state index in [1.807, 2.05) is 25.1 Å². The number of rotatable bonds is 3. The highest BCUT2D eigenvalue weighted by molar-refractivity contribution is 5.81. The van der Waals surface area contributed by atoms with Gasteiger partial charge >= 0.3 is 0 Å². The monoisotopic (exact) mass is 206 g/mol. The molecule has 2 N–H and O–H groups in total. The third kappa shape index (κ3) is 1.94. The summed E-state index contributed by atoms with van der Waals surface area (Å²) in [5.74, 6) is 0.802. The van der Waals surface area contributed by atoms with Crippen molar-refractivity contribution in [3.05, 3.63) is 23.9 Å². The van der Waals surface area contributed by atoms with E-state index in [4.69, 9.17) is 15.0 Å². The molecule has 4 heteroatoms. The molecule has 0 fully saturated rings. The standard InChI is InChI=1S/C11H14N2O2/c1-7(12)5-10-9-6-8(14-2)3-4-11(9)15-13-10/h3-4,6-7H,5,12H2,1-2H3. The molecule has 1 aromatic carbocycles. The molecule has 1 heterocycles. The molecule has 1 atom stereocenters. The SMILES string of the molecule is COc1ccc2onc(CC(C)N)c2c1. The van der Waals surface area contributed by atoms with Gasteiger partial charge in [0.25, 0.3) is 0 Å². The minimum atomic E-state index is 0.0736. The molecule has 1 aromatic heterocycles. The first-order valence-corrected chi connectivity index (χ1v) is 4.88. The molecule has 0 spiro atoms. The molecule has 15 heavy (non-hydrogen) atoms. The number of nitrogens with zero attached hydrogens (tertiary/aromatic N) is 1. The molecule has 2 aromatic rings. The highest BCUT2D eigenvalue weighted by atomic mass is 16.5. The first-order valence-electron chi connectivity index (χ1n) is 4.88. The van der Waals surface area contributed by atoms with Crippen molar-refractivity contribution in [2.75, 3.05) is 7.11 Å². The van der Waals surface area contributed by atoms with Gasteiger partial charge in [0, 0.05) is 17.8 Å². The van der Waals surface area contributed by atoms with E-state index in [-0.39, 0.29) is 6.04 Å². The maximum atomic E-state index is 5.73. The average Bonchev–Trinajstić information content (AvgIpc) is 2.60. The Balaban J connectivity index is 2.46. The van der Waals surface area contributed by atoms with Gasteiger partial charge in [0.1, 0.15) is 5.75 Å². The minimum Gasteiger partial charge on any atom is -0.497 e. The van der Waals surface area contributed by atoms with Crippen molar-refractivity contribution in [1.82, 2.24) is 5.16 Å². The van der Waals surface area contributed by atoms with Gasteiger partial charge in [-0.2, -0.15) is 0 Å². The number of hydrogen-bond donors (Lipinski definition) is 1. The average molecular weight is 206 g/mol. The highest BCUT2D eigenvalue weighted by Crippen LogP contribution is 2.24. The Hall–Kier alpha value is -1.55. The summed E-state index contributed by atoms with van der Waals surface area (Å²) >= 11 is 0. The van der Waals surface area contributed by atoms with E-state index in [2.05, 4.69) is 5.16 Å². The molecule has 1 unspecified atom stereocenters. The lowest BCUT2D eigenvalue weighted by Gasteiger charge is -2.01. The zero-order valence-corrected chi connectivity index (χ0v) is 8.86. The molecule has 0 bridgehead atoms. The Labute approximate surface area is 88.0 Å². The first-order chi connectivity index (χ1) is 7.20. The van der Waals surface area contributed by atoms with Crippen LogP contribution >= 0.6 is 0 Å². The third-order valence-corrected chi connectivity index (χ3v) is 2.27. The summed E-state index contributed by atoms with van der Waals surface area (Å²) in [7, 11) is 1.64. The molecular weight excluding hydrogens is 192 g/mol. The van der Waals surface area contributed by atoms with Crippen LogP contribution in [0, 0.1) is 0 Å². The fourth-order valence-electron chi connectivity index (χ4n) is 1.55. The van der Waals surface area contributed by atoms with Gasteiger partial charge in [-0.25, -0.2) is 0 Å².